The number of hydrogen-bond acceptors (Lipinski definition) is 3. The van der Waals surface area contributed by atoms with Gasteiger partial charge in [-0.25, -0.2) is 4.68 Å². The van der Waals surface area contributed by atoms with Crippen LogP contribution in [0.25, 0.3) is 16.9 Å². The standard InChI is InChI=1S/C27H26N4O2/c1-20(29-27(33)22-13-7-3-8-14-22)17-25(32)28-18-23-19-31(24-15-9-4-10-16-24)30-26(23)21-11-5-2-6-12-21/h2-16,19-20H,17-18H2,1H3,(H,28,32)(H,29,33). The normalized spacial score (nSPS) is 11.5. The fraction of sp³-hybridized carbons (Fsp3) is 0.148. The van der Waals surface area contributed by atoms with Gasteiger partial charge in [0.25, 0.3) is 5.91 Å². The molecule has 3 aromatic carbocycles. The fourth-order valence-electron chi connectivity index (χ4n) is 3.58. The highest BCUT2D eigenvalue weighted by atomic mass is 16.2. The Morgan fingerprint density at radius 1 is 0.879 bits per heavy atom. The fourth-order valence-corrected chi connectivity index (χ4v) is 3.58. The zero-order valence-electron chi connectivity index (χ0n) is 18.4. The number of hydrogen-bond donors (Lipinski definition) is 2. The molecule has 166 valence electrons. The minimum absolute atomic E-state index is 0.137. The van der Waals surface area contributed by atoms with Crippen LogP contribution in [0.3, 0.4) is 0 Å². The second-order valence-electron chi connectivity index (χ2n) is 7.87. The molecule has 4 aromatic rings. The van der Waals surface area contributed by atoms with Gasteiger partial charge >= 0.3 is 0 Å². The van der Waals surface area contributed by atoms with E-state index >= 15 is 0 Å². The third kappa shape index (κ3) is 5.74. The quantitative estimate of drug-likeness (QED) is 0.429. The van der Waals surface area contributed by atoms with Gasteiger partial charge in [0.2, 0.25) is 5.91 Å². The van der Waals surface area contributed by atoms with Gasteiger partial charge in [-0.15, -0.1) is 0 Å². The first-order valence-corrected chi connectivity index (χ1v) is 10.9. The molecule has 1 unspecified atom stereocenters. The van der Waals surface area contributed by atoms with Crippen molar-refractivity contribution in [1.82, 2.24) is 20.4 Å². The summed E-state index contributed by atoms with van der Waals surface area (Å²) in [6, 6.07) is 28.5. The molecule has 1 atom stereocenters. The van der Waals surface area contributed by atoms with E-state index in [0.717, 1.165) is 22.5 Å². The molecule has 0 spiro atoms. The Balaban J connectivity index is 1.42. The highest BCUT2D eigenvalue weighted by Gasteiger charge is 2.16. The van der Waals surface area contributed by atoms with Gasteiger partial charge in [0.15, 0.2) is 0 Å². The predicted octanol–water partition coefficient (Wildman–Crippen LogP) is 4.36. The lowest BCUT2D eigenvalue weighted by atomic mass is 10.1. The van der Waals surface area contributed by atoms with Gasteiger partial charge < -0.3 is 10.6 Å². The second kappa shape index (κ2) is 10.4. The van der Waals surface area contributed by atoms with Gasteiger partial charge in [-0.1, -0.05) is 66.7 Å². The lowest BCUT2D eigenvalue weighted by molar-refractivity contribution is -0.121. The van der Waals surface area contributed by atoms with Crippen LogP contribution in [0.5, 0.6) is 0 Å². The van der Waals surface area contributed by atoms with Crippen molar-refractivity contribution in [2.24, 2.45) is 0 Å². The Labute approximate surface area is 193 Å². The first kappa shape index (κ1) is 22.0. The number of nitrogens with zero attached hydrogens (tertiary/aromatic N) is 2. The number of carbonyl (C=O) groups excluding carboxylic acids is 2. The number of aromatic nitrogens is 2. The van der Waals surface area contributed by atoms with Crippen LogP contribution in [-0.4, -0.2) is 27.6 Å². The second-order valence-corrected chi connectivity index (χ2v) is 7.87. The van der Waals surface area contributed by atoms with E-state index in [-0.39, 0.29) is 24.3 Å². The van der Waals surface area contributed by atoms with Crippen molar-refractivity contribution in [2.45, 2.75) is 25.9 Å². The molecule has 2 amide bonds. The van der Waals surface area contributed by atoms with E-state index in [0.29, 0.717) is 12.1 Å². The van der Waals surface area contributed by atoms with Crippen LogP contribution in [0.15, 0.2) is 97.2 Å². The van der Waals surface area contributed by atoms with Crippen LogP contribution in [0, 0.1) is 0 Å². The summed E-state index contributed by atoms with van der Waals surface area (Å²) in [6.07, 6.45) is 2.13. The molecule has 2 N–H and O–H groups in total. The summed E-state index contributed by atoms with van der Waals surface area (Å²) in [4.78, 5) is 24.9. The minimum Gasteiger partial charge on any atom is -0.352 e. The molecule has 0 radical (unpaired) electrons. The van der Waals surface area contributed by atoms with Crippen molar-refractivity contribution in [3.05, 3.63) is 108 Å². The molecule has 0 fully saturated rings. The van der Waals surface area contributed by atoms with E-state index in [1.807, 2.05) is 96.7 Å². The molecule has 0 saturated carbocycles. The number of benzene rings is 3. The molecule has 6 heteroatoms. The molecule has 33 heavy (non-hydrogen) atoms. The SMILES string of the molecule is CC(CC(=O)NCc1cn(-c2ccccc2)nc1-c1ccccc1)NC(=O)c1ccccc1. The lowest BCUT2D eigenvalue weighted by Crippen LogP contribution is -2.37. The lowest BCUT2D eigenvalue weighted by Gasteiger charge is -2.14. The number of carbonyl (C=O) groups is 2. The number of amides is 2. The molecular weight excluding hydrogens is 412 g/mol. The Kier molecular flexibility index (Phi) is 6.95. The van der Waals surface area contributed by atoms with E-state index in [2.05, 4.69) is 10.6 Å². The number of para-hydroxylation sites is 1. The van der Waals surface area contributed by atoms with Gasteiger partial charge in [0.1, 0.15) is 0 Å². The average Bonchev–Trinajstić information content (AvgIpc) is 3.29. The number of nitrogens with one attached hydrogen (secondary N) is 2. The Bertz CT molecular complexity index is 1200. The van der Waals surface area contributed by atoms with Crippen molar-refractivity contribution in [2.75, 3.05) is 0 Å². The van der Waals surface area contributed by atoms with Gasteiger partial charge in [-0.05, 0) is 31.2 Å². The van der Waals surface area contributed by atoms with Crippen LogP contribution in [0.1, 0.15) is 29.3 Å². The summed E-state index contributed by atoms with van der Waals surface area (Å²) >= 11 is 0. The zero-order chi connectivity index (χ0) is 23.0. The monoisotopic (exact) mass is 438 g/mol. The maximum atomic E-state index is 12.6. The molecule has 4 rings (SSSR count). The topological polar surface area (TPSA) is 76.0 Å². The summed E-state index contributed by atoms with van der Waals surface area (Å²) in [5.41, 5.74) is 4.25. The van der Waals surface area contributed by atoms with Crippen molar-refractivity contribution >= 4 is 11.8 Å². The highest BCUT2D eigenvalue weighted by Crippen LogP contribution is 2.23. The highest BCUT2D eigenvalue weighted by molar-refractivity contribution is 5.94. The molecule has 1 aromatic heterocycles. The number of rotatable bonds is 8. The summed E-state index contributed by atoms with van der Waals surface area (Å²) in [5, 5.41) is 10.6. The van der Waals surface area contributed by atoms with Crippen LogP contribution in [0.2, 0.25) is 0 Å². The van der Waals surface area contributed by atoms with Gasteiger partial charge in [-0.2, -0.15) is 5.10 Å². The van der Waals surface area contributed by atoms with Gasteiger partial charge in [0.05, 0.1) is 11.4 Å². The van der Waals surface area contributed by atoms with E-state index in [9.17, 15) is 9.59 Å². The third-order valence-electron chi connectivity index (χ3n) is 5.24. The molecule has 6 nitrogen and oxygen atoms in total. The first-order chi connectivity index (χ1) is 16.1. The predicted molar refractivity (Wildman–Crippen MR) is 129 cm³/mol. The van der Waals surface area contributed by atoms with E-state index < -0.39 is 0 Å². The zero-order valence-corrected chi connectivity index (χ0v) is 18.4. The van der Waals surface area contributed by atoms with Crippen molar-refractivity contribution in [3.63, 3.8) is 0 Å². The van der Waals surface area contributed by atoms with E-state index in [4.69, 9.17) is 5.10 Å². The minimum atomic E-state index is -0.293. The maximum Gasteiger partial charge on any atom is 0.251 e. The molecule has 0 bridgehead atoms. The van der Waals surface area contributed by atoms with Crippen LogP contribution < -0.4 is 10.6 Å². The smallest absolute Gasteiger partial charge is 0.251 e. The van der Waals surface area contributed by atoms with Crippen LogP contribution in [0.4, 0.5) is 0 Å². The summed E-state index contributed by atoms with van der Waals surface area (Å²) in [6.45, 7) is 2.17. The van der Waals surface area contributed by atoms with E-state index in [1.54, 1.807) is 12.1 Å². The Morgan fingerprint density at radius 3 is 2.15 bits per heavy atom. The average molecular weight is 439 g/mol. The molecule has 0 saturated heterocycles. The molecule has 0 aliphatic rings. The molecular formula is C27H26N4O2. The van der Waals surface area contributed by atoms with Gasteiger partial charge in [-0.3, -0.25) is 9.59 Å². The molecule has 0 aliphatic carbocycles. The summed E-state index contributed by atoms with van der Waals surface area (Å²) < 4.78 is 1.83. The summed E-state index contributed by atoms with van der Waals surface area (Å²) in [5.74, 6) is -0.325. The largest absolute Gasteiger partial charge is 0.352 e. The van der Waals surface area contributed by atoms with E-state index in [1.165, 1.54) is 0 Å². The Morgan fingerprint density at radius 2 is 1.48 bits per heavy atom. The van der Waals surface area contributed by atoms with Crippen LogP contribution >= 0.6 is 0 Å². The van der Waals surface area contributed by atoms with Crippen molar-refractivity contribution < 1.29 is 9.59 Å². The molecule has 1 heterocycles. The summed E-state index contributed by atoms with van der Waals surface area (Å²) in [7, 11) is 0. The Hall–Kier alpha value is -4.19. The van der Waals surface area contributed by atoms with Crippen molar-refractivity contribution in [1.29, 1.82) is 0 Å². The van der Waals surface area contributed by atoms with Crippen molar-refractivity contribution in [3.8, 4) is 16.9 Å². The van der Waals surface area contributed by atoms with Gasteiger partial charge in [0, 0.05) is 41.9 Å². The first-order valence-electron chi connectivity index (χ1n) is 10.9. The molecule has 0 aliphatic heterocycles. The third-order valence-corrected chi connectivity index (χ3v) is 5.24. The van der Waals surface area contributed by atoms with Crippen LogP contribution in [-0.2, 0) is 11.3 Å². The maximum absolute atomic E-state index is 12.6.